The molecule has 0 bridgehead atoms. The molecular weight excluding hydrogens is 452 g/mol. The number of rotatable bonds is 7. The first kappa shape index (κ1) is 22.9. The Kier molecular flexibility index (Phi) is 6.23. The Bertz CT molecular complexity index is 1610. The van der Waals surface area contributed by atoms with Crippen LogP contribution in [0.2, 0.25) is 0 Å². The predicted molar refractivity (Wildman–Crippen MR) is 140 cm³/mol. The van der Waals surface area contributed by atoms with E-state index in [0.717, 1.165) is 28.0 Å². The van der Waals surface area contributed by atoms with Gasteiger partial charge in [-0.3, -0.25) is 19.7 Å². The molecule has 5 aromatic rings. The van der Waals surface area contributed by atoms with Crippen LogP contribution in [0.3, 0.4) is 0 Å². The highest BCUT2D eigenvalue weighted by molar-refractivity contribution is 6.11. The Balaban J connectivity index is 1.35. The van der Waals surface area contributed by atoms with E-state index in [4.69, 9.17) is 0 Å². The summed E-state index contributed by atoms with van der Waals surface area (Å²) in [5.41, 5.74) is 4.84. The maximum absolute atomic E-state index is 13.2. The van der Waals surface area contributed by atoms with Gasteiger partial charge in [0.1, 0.15) is 0 Å². The summed E-state index contributed by atoms with van der Waals surface area (Å²) in [5, 5.41) is 11.1. The van der Waals surface area contributed by atoms with Gasteiger partial charge in [-0.2, -0.15) is 5.10 Å². The van der Waals surface area contributed by atoms with Gasteiger partial charge in [-0.05, 0) is 62.4 Å². The van der Waals surface area contributed by atoms with Crippen molar-refractivity contribution in [3.05, 3.63) is 107 Å². The van der Waals surface area contributed by atoms with Crippen LogP contribution in [0.5, 0.6) is 0 Å². The highest BCUT2D eigenvalue weighted by atomic mass is 16.2. The van der Waals surface area contributed by atoms with E-state index in [9.17, 15) is 9.59 Å². The number of aromatic amines is 1. The molecule has 0 spiro atoms. The molecule has 0 unspecified atom stereocenters. The summed E-state index contributed by atoms with van der Waals surface area (Å²) >= 11 is 0. The minimum absolute atomic E-state index is 0.154. The predicted octanol–water partition coefficient (Wildman–Crippen LogP) is 5.14. The van der Waals surface area contributed by atoms with Crippen molar-refractivity contribution in [2.24, 2.45) is 0 Å². The van der Waals surface area contributed by atoms with E-state index < -0.39 is 0 Å². The summed E-state index contributed by atoms with van der Waals surface area (Å²) in [7, 11) is 0. The summed E-state index contributed by atoms with van der Waals surface area (Å²) in [6, 6.07) is 18.2. The number of H-pyrrole nitrogens is 1. The van der Waals surface area contributed by atoms with Crippen LogP contribution in [-0.4, -0.2) is 36.4 Å². The average molecular weight is 477 g/mol. The Hall–Kier alpha value is -4.85. The molecule has 8 heteroatoms. The van der Waals surface area contributed by atoms with Crippen LogP contribution in [0.15, 0.2) is 73.1 Å². The lowest BCUT2D eigenvalue weighted by Gasteiger charge is -2.08. The van der Waals surface area contributed by atoms with Crippen LogP contribution in [0.1, 0.15) is 50.5 Å². The molecule has 0 saturated heterocycles. The zero-order chi connectivity index (χ0) is 25.1. The maximum atomic E-state index is 13.2. The van der Waals surface area contributed by atoms with Gasteiger partial charge in [-0.25, -0.2) is 4.98 Å². The Morgan fingerprint density at radius 1 is 1.03 bits per heavy atom. The van der Waals surface area contributed by atoms with E-state index in [-0.39, 0.29) is 11.7 Å². The fraction of sp³-hybridized carbons (Fsp3) is 0.107. The molecular formula is C28H24N6O2. The van der Waals surface area contributed by atoms with Crippen LogP contribution in [-0.2, 0) is 6.54 Å². The molecule has 0 radical (unpaired) electrons. The molecule has 3 aromatic heterocycles. The number of nitrogens with one attached hydrogen (secondary N) is 2. The van der Waals surface area contributed by atoms with E-state index in [2.05, 4.69) is 25.5 Å². The lowest BCUT2D eigenvalue weighted by atomic mass is 10.0. The van der Waals surface area contributed by atoms with Crippen molar-refractivity contribution in [3.63, 3.8) is 0 Å². The molecule has 2 N–H and O–H groups in total. The number of aryl methyl sites for hydroxylation is 2. The second-order valence-electron chi connectivity index (χ2n) is 8.31. The first-order valence-electron chi connectivity index (χ1n) is 11.6. The van der Waals surface area contributed by atoms with Gasteiger partial charge in [-0.15, -0.1) is 0 Å². The summed E-state index contributed by atoms with van der Waals surface area (Å²) in [4.78, 5) is 34.4. The summed E-state index contributed by atoms with van der Waals surface area (Å²) in [5.74, 6) is -0.160. The van der Waals surface area contributed by atoms with Gasteiger partial charge >= 0.3 is 0 Å². The number of hydrogen-bond donors (Lipinski definition) is 2. The number of carbonyl (C=O) groups is 2. The number of pyridine rings is 1. The van der Waals surface area contributed by atoms with E-state index in [1.807, 2.05) is 50.3 Å². The Morgan fingerprint density at radius 2 is 1.86 bits per heavy atom. The third kappa shape index (κ3) is 4.69. The fourth-order valence-corrected chi connectivity index (χ4v) is 4.00. The van der Waals surface area contributed by atoms with Gasteiger partial charge in [0.2, 0.25) is 0 Å². The molecule has 178 valence electrons. The number of imidazole rings is 1. The van der Waals surface area contributed by atoms with Crippen molar-refractivity contribution in [2.75, 3.05) is 5.32 Å². The molecule has 5 rings (SSSR count). The Labute approximate surface area is 207 Å². The van der Waals surface area contributed by atoms with E-state index in [0.29, 0.717) is 29.2 Å². The molecule has 0 aliphatic rings. The minimum atomic E-state index is -0.327. The monoisotopic (exact) mass is 476 g/mol. The molecule has 3 heterocycles. The highest BCUT2D eigenvalue weighted by Gasteiger charge is 2.15. The zero-order valence-electron chi connectivity index (χ0n) is 19.9. The topological polar surface area (TPSA) is 106 Å². The minimum Gasteiger partial charge on any atom is -0.327 e. The lowest BCUT2D eigenvalue weighted by molar-refractivity contribution is 0.101. The van der Waals surface area contributed by atoms with E-state index >= 15 is 0 Å². The number of benzene rings is 2. The first-order valence-corrected chi connectivity index (χ1v) is 11.6. The number of ketones is 1. The van der Waals surface area contributed by atoms with E-state index in [1.54, 1.807) is 53.4 Å². The average Bonchev–Trinajstić information content (AvgIpc) is 3.54. The molecule has 0 aliphatic carbocycles. The van der Waals surface area contributed by atoms with Gasteiger partial charge in [0.15, 0.2) is 11.6 Å². The number of fused-ring (bicyclic) bond motifs is 1. The number of carbonyl (C=O) groups excluding carboxylic acids is 2. The van der Waals surface area contributed by atoms with Crippen molar-refractivity contribution >= 4 is 40.4 Å². The number of nitrogens with zero attached hydrogens (tertiary/aromatic N) is 4. The van der Waals surface area contributed by atoms with Gasteiger partial charge in [0, 0.05) is 46.8 Å². The standard InChI is InChI=1S/C28H24N6O2/c1-3-34-15-14-29-27(34)28(36)31-22-9-5-7-19(16-22)26(35)20-10-12-23-24(32-33-25(23)17-20)13-11-21-8-4-6-18(2)30-21/h4-17H,3H2,1-2H3,(H,31,36)(H,32,33)/b13-11+. The smallest absolute Gasteiger partial charge is 0.291 e. The normalized spacial score (nSPS) is 11.3. The Morgan fingerprint density at radius 3 is 2.69 bits per heavy atom. The third-order valence-corrected chi connectivity index (χ3v) is 5.82. The SMILES string of the molecule is CCn1ccnc1C(=O)Nc1cccc(C(=O)c2ccc3c(/C=C/c4cccc(C)n4)n[nH]c3c2)c1. The zero-order valence-corrected chi connectivity index (χ0v) is 19.9. The molecule has 0 aliphatic heterocycles. The molecule has 8 nitrogen and oxygen atoms in total. The third-order valence-electron chi connectivity index (χ3n) is 5.82. The van der Waals surface area contributed by atoms with Gasteiger partial charge < -0.3 is 9.88 Å². The lowest BCUT2D eigenvalue weighted by Crippen LogP contribution is -2.18. The second-order valence-corrected chi connectivity index (χ2v) is 8.31. The molecule has 0 saturated carbocycles. The van der Waals surface area contributed by atoms with Crippen LogP contribution in [0, 0.1) is 6.92 Å². The van der Waals surface area contributed by atoms with Crippen molar-refractivity contribution in [3.8, 4) is 0 Å². The van der Waals surface area contributed by atoms with Crippen molar-refractivity contribution < 1.29 is 9.59 Å². The second kappa shape index (κ2) is 9.79. The van der Waals surface area contributed by atoms with Crippen LogP contribution in [0.25, 0.3) is 23.1 Å². The maximum Gasteiger partial charge on any atom is 0.291 e. The number of anilines is 1. The number of aromatic nitrogens is 5. The summed E-state index contributed by atoms with van der Waals surface area (Å²) in [6.45, 7) is 4.53. The van der Waals surface area contributed by atoms with Crippen LogP contribution >= 0.6 is 0 Å². The van der Waals surface area contributed by atoms with Crippen LogP contribution in [0.4, 0.5) is 5.69 Å². The molecule has 1 amide bonds. The van der Waals surface area contributed by atoms with Crippen molar-refractivity contribution in [1.82, 2.24) is 24.7 Å². The quantitative estimate of drug-likeness (QED) is 0.317. The summed E-state index contributed by atoms with van der Waals surface area (Å²) in [6.07, 6.45) is 7.15. The van der Waals surface area contributed by atoms with Crippen LogP contribution < -0.4 is 5.32 Å². The summed E-state index contributed by atoms with van der Waals surface area (Å²) < 4.78 is 1.75. The highest BCUT2D eigenvalue weighted by Crippen LogP contribution is 2.22. The first-order chi connectivity index (χ1) is 17.5. The van der Waals surface area contributed by atoms with Crippen molar-refractivity contribution in [1.29, 1.82) is 0 Å². The number of hydrogen-bond acceptors (Lipinski definition) is 5. The van der Waals surface area contributed by atoms with Gasteiger partial charge in [0.05, 0.1) is 16.9 Å². The van der Waals surface area contributed by atoms with Gasteiger partial charge in [0.25, 0.3) is 5.91 Å². The number of amides is 1. The van der Waals surface area contributed by atoms with E-state index in [1.165, 1.54) is 0 Å². The van der Waals surface area contributed by atoms with Crippen molar-refractivity contribution in [2.45, 2.75) is 20.4 Å². The molecule has 0 atom stereocenters. The molecule has 0 fully saturated rings. The fourth-order valence-electron chi connectivity index (χ4n) is 4.00. The van der Waals surface area contributed by atoms with Gasteiger partial charge in [-0.1, -0.05) is 24.3 Å². The molecule has 36 heavy (non-hydrogen) atoms. The molecule has 2 aromatic carbocycles. The largest absolute Gasteiger partial charge is 0.327 e.